The minimum Gasteiger partial charge on any atom is -0.207 e. The molecule has 2 N–H and O–H groups in total. The molecule has 0 saturated carbocycles. The summed E-state index contributed by atoms with van der Waals surface area (Å²) in [5, 5.41) is 0. The maximum absolute atomic E-state index is 13.7. The Labute approximate surface area is 332 Å². The van der Waals surface area contributed by atoms with Gasteiger partial charge in [-0.15, -0.1) is 0 Å². The van der Waals surface area contributed by atoms with Gasteiger partial charge in [-0.05, 0) is 76.2 Å². The quantitative estimate of drug-likeness (QED) is 0.114. The molecule has 4 rings (SSSR count). The van der Waals surface area contributed by atoms with Crippen LogP contribution in [0.1, 0.15) is 22.3 Å². The summed E-state index contributed by atoms with van der Waals surface area (Å²) in [6.45, 7) is 6.80. The highest BCUT2D eigenvalue weighted by Crippen LogP contribution is 2.19. The maximum atomic E-state index is 13.7. The van der Waals surface area contributed by atoms with Crippen molar-refractivity contribution in [2.24, 2.45) is 0 Å². The molecule has 0 heterocycles. The van der Waals surface area contributed by atoms with Gasteiger partial charge in [-0.2, -0.15) is 8.61 Å². The lowest BCUT2D eigenvalue weighted by molar-refractivity contribution is 0.465. The SMILES string of the molecule is Cc1ccc(S(=O)(=O)NC/C=C/CN(C/C=C/CN(C/C=C/CNS(=O)(=O)c2ccc(C)cc2)S(=O)(=O)c2ccc(C)cc2)S(=O)(=O)c2ccc(C)cc2)cc1. The number of aryl methyl sites for hydroxylation is 4. The zero-order chi connectivity index (χ0) is 41.0. The van der Waals surface area contributed by atoms with Gasteiger partial charge in [0.1, 0.15) is 0 Å². The first-order valence-corrected chi connectivity index (χ1v) is 23.5. The third-order valence-corrected chi connectivity index (χ3v) is 15.1. The van der Waals surface area contributed by atoms with E-state index < -0.39 is 40.1 Å². The second kappa shape index (κ2) is 19.7. The van der Waals surface area contributed by atoms with Crippen LogP contribution in [-0.2, 0) is 40.1 Å². The van der Waals surface area contributed by atoms with Crippen molar-refractivity contribution in [2.45, 2.75) is 47.3 Å². The van der Waals surface area contributed by atoms with E-state index >= 15 is 0 Å². The van der Waals surface area contributed by atoms with Crippen molar-refractivity contribution in [1.29, 1.82) is 0 Å². The summed E-state index contributed by atoms with van der Waals surface area (Å²) >= 11 is 0. The van der Waals surface area contributed by atoms with Gasteiger partial charge in [-0.3, -0.25) is 0 Å². The van der Waals surface area contributed by atoms with Crippen LogP contribution in [0, 0.1) is 27.7 Å². The van der Waals surface area contributed by atoms with Gasteiger partial charge in [0, 0.05) is 39.3 Å². The standard InChI is InChI=1S/C40H48N4O8S4/c1-33-11-19-37(20-12-33)53(45,46)41-27-5-7-29-43(55(49,50)39-23-15-35(3)16-24-39)31-9-10-32-44(56(51,52)40-25-17-36(4)18-26-40)30-8-6-28-42-54(47,48)38-21-13-34(2)14-22-38/h5-26,41-42H,27-32H2,1-4H3/b7-5+,8-6+,10-9+. The smallest absolute Gasteiger partial charge is 0.207 e. The molecular weight excluding hydrogens is 793 g/mol. The highest BCUT2D eigenvalue weighted by Gasteiger charge is 2.24. The Morgan fingerprint density at radius 3 is 0.875 bits per heavy atom. The van der Waals surface area contributed by atoms with E-state index in [0.717, 1.165) is 22.3 Å². The van der Waals surface area contributed by atoms with E-state index in [1.165, 1.54) is 69.3 Å². The van der Waals surface area contributed by atoms with Crippen molar-refractivity contribution in [2.75, 3.05) is 39.3 Å². The second-order valence-corrected chi connectivity index (χ2v) is 20.4. The van der Waals surface area contributed by atoms with Crippen LogP contribution in [0.2, 0.25) is 0 Å². The first kappa shape index (κ1) is 44.5. The van der Waals surface area contributed by atoms with E-state index in [1.807, 2.05) is 27.7 Å². The molecule has 0 aromatic heterocycles. The summed E-state index contributed by atoms with van der Waals surface area (Å²) in [5.41, 5.74) is 3.59. The molecule has 0 unspecified atom stereocenters. The monoisotopic (exact) mass is 840 g/mol. The molecule has 0 aliphatic carbocycles. The normalized spacial score (nSPS) is 13.2. The van der Waals surface area contributed by atoms with Crippen molar-refractivity contribution in [3.05, 3.63) is 156 Å². The molecule has 0 aliphatic rings. The molecule has 0 spiro atoms. The van der Waals surface area contributed by atoms with E-state index in [-0.39, 0.29) is 58.9 Å². The summed E-state index contributed by atoms with van der Waals surface area (Å²) < 4.78 is 113. The molecule has 12 nitrogen and oxygen atoms in total. The van der Waals surface area contributed by atoms with Crippen LogP contribution in [0.3, 0.4) is 0 Å². The lowest BCUT2D eigenvalue weighted by atomic mass is 10.2. The van der Waals surface area contributed by atoms with Gasteiger partial charge in [-0.1, -0.05) is 107 Å². The number of hydrogen-bond acceptors (Lipinski definition) is 8. The van der Waals surface area contributed by atoms with Gasteiger partial charge >= 0.3 is 0 Å². The molecule has 0 saturated heterocycles. The molecule has 56 heavy (non-hydrogen) atoms. The van der Waals surface area contributed by atoms with E-state index in [1.54, 1.807) is 72.8 Å². The summed E-state index contributed by atoms with van der Waals surface area (Å²) in [7, 11) is -15.6. The fourth-order valence-electron chi connectivity index (χ4n) is 5.11. The largest absolute Gasteiger partial charge is 0.243 e. The fourth-order valence-corrected chi connectivity index (χ4v) is 9.75. The van der Waals surface area contributed by atoms with Gasteiger partial charge in [0.25, 0.3) is 0 Å². The Kier molecular flexibility index (Phi) is 15.7. The van der Waals surface area contributed by atoms with Crippen LogP contribution in [0.5, 0.6) is 0 Å². The van der Waals surface area contributed by atoms with Crippen LogP contribution >= 0.6 is 0 Å². The van der Waals surface area contributed by atoms with E-state index in [4.69, 9.17) is 0 Å². The molecule has 4 aromatic carbocycles. The fraction of sp³-hybridized carbons (Fsp3) is 0.250. The molecule has 0 amide bonds. The summed E-state index contributed by atoms with van der Waals surface area (Å²) in [5.74, 6) is 0. The van der Waals surface area contributed by atoms with E-state index in [0.29, 0.717) is 0 Å². The Bertz CT molecular complexity index is 2270. The Morgan fingerprint density at radius 2 is 0.607 bits per heavy atom. The van der Waals surface area contributed by atoms with Gasteiger partial charge < -0.3 is 0 Å². The van der Waals surface area contributed by atoms with Gasteiger partial charge in [-0.25, -0.2) is 43.1 Å². The molecule has 0 bridgehead atoms. The number of nitrogens with zero attached hydrogens (tertiary/aromatic N) is 2. The van der Waals surface area contributed by atoms with Crippen LogP contribution in [0.25, 0.3) is 0 Å². The lowest BCUT2D eigenvalue weighted by Crippen LogP contribution is -2.33. The summed E-state index contributed by atoms with van der Waals surface area (Å²) in [4.78, 5) is 0.358. The number of benzene rings is 4. The zero-order valence-corrected chi connectivity index (χ0v) is 35.0. The first-order chi connectivity index (χ1) is 26.4. The van der Waals surface area contributed by atoms with Crippen molar-refractivity contribution in [3.8, 4) is 0 Å². The number of rotatable bonds is 20. The van der Waals surface area contributed by atoms with E-state index in [2.05, 4.69) is 9.44 Å². The predicted octanol–water partition coefficient (Wildman–Crippen LogP) is 5.23. The van der Waals surface area contributed by atoms with E-state index in [9.17, 15) is 33.7 Å². The van der Waals surface area contributed by atoms with Crippen LogP contribution in [0.15, 0.2) is 153 Å². The van der Waals surface area contributed by atoms with Gasteiger partial charge in [0.05, 0.1) is 19.6 Å². The third-order valence-electron chi connectivity index (χ3n) is 8.50. The van der Waals surface area contributed by atoms with Crippen molar-refractivity contribution >= 4 is 40.1 Å². The Hall–Kier alpha value is -4.26. The lowest BCUT2D eigenvalue weighted by Gasteiger charge is -2.21. The van der Waals surface area contributed by atoms with Crippen LogP contribution in [0.4, 0.5) is 0 Å². The summed E-state index contributed by atoms with van der Waals surface area (Å²) in [6, 6.07) is 25.6. The van der Waals surface area contributed by atoms with Crippen LogP contribution < -0.4 is 9.44 Å². The number of sulfonamides is 4. The second-order valence-electron chi connectivity index (χ2n) is 13.0. The molecular formula is C40H48N4O8S4. The minimum absolute atomic E-state index is 0.0664. The van der Waals surface area contributed by atoms with Crippen molar-refractivity contribution < 1.29 is 33.7 Å². The summed E-state index contributed by atoms with van der Waals surface area (Å²) in [6.07, 6.45) is 9.24. The third kappa shape index (κ3) is 12.6. The molecule has 0 radical (unpaired) electrons. The molecule has 4 aromatic rings. The minimum atomic E-state index is -4.02. The van der Waals surface area contributed by atoms with Crippen molar-refractivity contribution in [1.82, 2.24) is 18.1 Å². The van der Waals surface area contributed by atoms with Gasteiger partial charge in [0.15, 0.2) is 0 Å². The molecule has 16 heteroatoms. The average Bonchev–Trinajstić information content (AvgIpc) is 3.15. The molecule has 0 fully saturated rings. The van der Waals surface area contributed by atoms with Crippen molar-refractivity contribution in [3.63, 3.8) is 0 Å². The highest BCUT2D eigenvalue weighted by molar-refractivity contribution is 7.90. The zero-order valence-electron chi connectivity index (χ0n) is 31.7. The molecule has 0 aliphatic heterocycles. The average molecular weight is 841 g/mol. The predicted molar refractivity (Wildman–Crippen MR) is 220 cm³/mol. The Balaban J connectivity index is 1.48. The topological polar surface area (TPSA) is 167 Å². The number of nitrogens with one attached hydrogen (secondary N) is 2. The van der Waals surface area contributed by atoms with Crippen LogP contribution in [-0.4, -0.2) is 81.6 Å². The Morgan fingerprint density at radius 1 is 0.375 bits per heavy atom. The highest BCUT2D eigenvalue weighted by atomic mass is 32.2. The first-order valence-electron chi connectivity index (χ1n) is 17.6. The molecule has 300 valence electrons. The number of hydrogen-bond donors (Lipinski definition) is 2. The maximum Gasteiger partial charge on any atom is 0.243 e. The molecule has 0 atom stereocenters. The van der Waals surface area contributed by atoms with Gasteiger partial charge in [0.2, 0.25) is 40.1 Å².